The summed E-state index contributed by atoms with van der Waals surface area (Å²) in [5.41, 5.74) is 5.38. The highest BCUT2D eigenvalue weighted by molar-refractivity contribution is 9.10. The summed E-state index contributed by atoms with van der Waals surface area (Å²) in [6, 6.07) is 13.4. The van der Waals surface area contributed by atoms with Gasteiger partial charge in [0, 0.05) is 20.7 Å². The predicted molar refractivity (Wildman–Crippen MR) is 88.7 cm³/mol. The van der Waals surface area contributed by atoms with E-state index in [0.717, 1.165) is 22.9 Å². The molecule has 110 valence electrons. The highest BCUT2D eigenvalue weighted by Gasteiger charge is 2.29. The first kappa shape index (κ1) is 15.0. The van der Waals surface area contributed by atoms with Crippen LogP contribution >= 0.6 is 27.7 Å². The van der Waals surface area contributed by atoms with Gasteiger partial charge in [0.1, 0.15) is 5.82 Å². The van der Waals surface area contributed by atoms with Gasteiger partial charge < -0.3 is 0 Å². The Hall–Kier alpha value is -0.880. The topological polar surface area (TPSA) is 38.0 Å². The van der Waals surface area contributed by atoms with Crippen molar-refractivity contribution in [1.82, 2.24) is 5.43 Å². The summed E-state index contributed by atoms with van der Waals surface area (Å²) in [5, 5.41) is 0.393. The number of rotatable bonds is 4. The zero-order chi connectivity index (χ0) is 14.8. The van der Waals surface area contributed by atoms with Crippen molar-refractivity contribution in [2.24, 2.45) is 5.84 Å². The first-order valence-electron chi connectivity index (χ1n) is 6.82. The molecule has 1 heterocycles. The molecule has 0 spiro atoms. The monoisotopic (exact) mass is 366 g/mol. The van der Waals surface area contributed by atoms with Gasteiger partial charge in [0.05, 0.1) is 0 Å². The molecule has 1 aliphatic rings. The fourth-order valence-electron chi connectivity index (χ4n) is 2.66. The molecule has 0 aromatic heterocycles. The zero-order valence-electron chi connectivity index (χ0n) is 11.4. The number of benzene rings is 2. The highest BCUT2D eigenvalue weighted by atomic mass is 79.9. The van der Waals surface area contributed by atoms with Gasteiger partial charge in [-0.05, 0) is 42.2 Å². The molecule has 5 heteroatoms. The molecule has 0 saturated heterocycles. The average Bonchev–Trinajstić information content (AvgIpc) is 2.90. The van der Waals surface area contributed by atoms with Crippen molar-refractivity contribution in [3.05, 3.63) is 63.9 Å². The second-order valence-electron chi connectivity index (χ2n) is 5.18. The quantitative estimate of drug-likeness (QED) is 0.640. The molecule has 2 unspecified atom stereocenters. The van der Waals surface area contributed by atoms with Crippen LogP contribution < -0.4 is 11.3 Å². The number of thioether (sulfide) groups is 1. The summed E-state index contributed by atoms with van der Waals surface area (Å²) in [6.45, 7) is 0. The number of hydrogen-bond acceptors (Lipinski definition) is 3. The smallest absolute Gasteiger partial charge is 0.124 e. The first-order valence-corrected chi connectivity index (χ1v) is 8.49. The molecule has 0 saturated carbocycles. The summed E-state index contributed by atoms with van der Waals surface area (Å²) < 4.78 is 14.0. The summed E-state index contributed by atoms with van der Waals surface area (Å²) in [7, 11) is 0. The minimum Gasteiger partial charge on any atom is -0.271 e. The third kappa shape index (κ3) is 3.31. The lowest BCUT2D eigenvalue weighted by Crippen LogP contribution is -2.44. The van der Waals surface area contributed by atoms with Gasteiger partial charge in [-0.25, -0.2) is 4.39 Å². The van der Waals surface area contributed by atoms with Gasteiger partial charge >= 0.3 is 0 Å². The molecule has 21 heavy (non-hydrogen) atoms. The van der Waals surface area contributed by atoms with Gasteiger partial charge in [0.25, 0.3) is 0 Å². The number of hydrogen-bond donors (Lipinski definition) is 2. The van der Waals surface area contributed by atoms with E-state index in [2.05, 4.69) is 45.6 Å². The second-order valence-corrected chi connectivity index (χ2v) is 7.32. The molecular formula is C16H16BrFN2S. The summed E-state index contributed by atoms with van der Waals surface area (Å²) >= 11 is 5.29. The maximum absolute atomic E-state index is 13.2. The lowest BCUT2D eigenvalue weighted by atomic mass is 9.99. The molecule has 3 N–H and O–H groups in total. The van der Waals surface area contributed by atoms with Crippen LogP contribution in [0.5, 0.6) is 0 Å². The molecule has 0 aliphatic carbocycles. The minimum absolute atomic E-state index is 0.143. The van der Waals surface area contributed by atoms with Crippen molar-refractivity contribution >= 4 is 27.7 Å². The highest BCUT2D eigenvalue weighted by Crippen LogP contribution is 2.39. The molecular weight excluding hydrogens is 351 g/mol. The van der Waals surface area contributed by atoms with Crippen LogP contribution in [0.4, 0.5) is 4.39 Å². The van der Waals surface area contributed by atoms with Crippen LogP contribution in [0.25, 0.3) is 0 Å². The van der Waals surface area contributed by atoms with Crippen LogP contribution in [-0.4, -0.2) is 11.3 Å². The van der Waals surface area contributed by atoms with Crippen molar-refractivity contribution in [3.8, 4) is 0 Å². The Morgan fingerprint density at radius 1 is 1.33 bits per heavy atom. The fourth-order valence-corrected chi connectivity index (χ4v) is 4.56. The molecule has 3 rings (SSSR count). The number of halogens is 2. The molecule has 0 bridgehead atoms. The standard InChI is InChI=1S/C16H16BrFN2S/c17-13-9-12(18)6-5-10(13)7-14(20-19)16-8-11-3-1-2-4-15(11)21-16/h1-6,9,14,16,20H,7-8,19H2. The van der Waals surface area contributed by atoms with Gasteiger partial charge in [-0.1, -0.05) is 40.2 Å². The Balaban J connectivity index is 1.75. The summed E-state index contributed by atoms with van der Waals surface area (Å²) in [5.74, 6) is 5.53. The third-order valence-corrected chi connectivity index (χ3v) is 5.98. The van der Waals surface area contributed by atoms with Crippen LogP contribution in [0.3, 0.4) is 0 Å². The van der Waals surface area contributed by atoms with Crippen molar-refractivity contribution in [2.75, 3.05) is 0 Å². The largest absolute Gasteiger partial charge is 0.271 e. The van der Waals surface area contributed by atoms with E-state index in [1.165, 1.54) is 22.6 Å². The molecule has 2 atom stereocenters. The molecule has 2 aromatic carbocycles. The molecule has 1 aliphatic heterocycles. The number of fused-ring (bicyclic) bond motifs is 1. The lowest BCUT2D eigenvalue weighted by molar-refractivity contribution is 0.505. The van der Waals surface area contributed by atoms with E-state index in [1.807, 2.05) is 17.8 Å². The van der Waals surface area contributed by atoms with E-state index in [0.29, 0.717) is 5.25 Å². The van der Waals surface area contributed by atoms with Crippen LogP contribution in [-0.2, 0) is 12.8 Å². The molecule has 2 aromatic rings. The van der Waals surface area contributed by atoms with Gasteiger partial charge in [0.15, 0.2) is 0 Å². The van der Waals surface area contributed by atoms with E-state index in [9.17, 15) is 4.39 Å². The Morgan fingerprint density at radius 2 is 2.14 bits per heavy atom. The number of hydrazine groups is 1. The van der Waals surface area contributed by atoms with Gasteiger partial charge in [-0.2, -0.15) is 0 Å². The molecule has 0 fully saturated rings. The Labute approximate surface area is 136 Å². The van der Waals surface area contributed by atoms with Gasteiger partial charge in [-0.3, -0.25) is 11.3 Å². The Morgan fingerprint density at radius 3 is 2.86 bits per heavy atom. The third-order valence-electron chi connectivity index (χ3n) is 3.79. The zero-order valence-corrected chi connectivity index (χ0v) is 13.8. The average molecular weight is 367 g/mol. The van der Waals surface area contributed by atoms with Crippen LogP contribution in [0, 0.1) is 5.82 Å². The predicted octanol–water partition coefficient (Wildman–Crippen LogP) is 3.68. The molecule has 2 nitrogen and oxygen atoms in total. The normalized spacial score (nSPS) is 18.5. The Bertz CT molecular complexity index is 625. The summed E-state index contributed by atoms with van der Waals surface area (Å²) in [6.07, 6.45) is 1.78. The molecule has 0 amide bonds. The fraction of sp³-hybridized carbons (Fsp3) is 0.250. The maximum Gasteiger partial charge on any atom is 0.124 e. The van der Waals surface area contributed by atoms with E-state index < -0.39 is 0 Å². The summed E-state index contributed by atoms with van der Waals surface area (Å²) in [4.78, 5) is 1.33. The first-order chi connectivity index (χ1) is 10.2. The Kier molecular flexibility index (Phi) is 4.64. The van der Waals surface area contributed by atoms with E-state index >= 15 is 0 Å². The molecule has 0 radical (unpaired) electrons. The van der Waals surface area contributed by atoms with Crippen LogP contribution in [0.1, 0.15) is 11.1 Å². The van der Waals surface area contributed by atoms with Crippen molar-refractivity contribution in [3.63, 3.8) is 0 Å². The van der Waals surface area contributed by atoms with Gasteiger partial charge in [-0.15, -0.1) is 11.8 Å². The number of nitrogens with one attached hydrogen (secondary N) is 1. The second kappa shape index (κ2) is 6.48. The lowest BCUT2D eigenvalue weighted by Gasteiger charge is -2.22. The maximum atomic E-state index is 13.2. The van der Waals surface area contributed by atoms with Crippen molar-refractivity contribution in [1.29, 1.82) is 0 Å². The van der Waals surface area contributed by atoms with E-state index in [4.69, 9.17) is 5.84 Å². The minimum atomic E-state index is -0.231. The van der Waals surface area contributed by atoms with Crippen molar-refractivity contribution in [2.45, 2.75) is 29.0 Å². The van der Waals surface area contributed by atoms with Gasteiger partial charge in [0.2, 0.25) is 0 Å². The van der Waals surface area contributed by atoms with Crippen LogP contribution in [0.2, 0.25) is 0 Å². The van der Waals surface area contributed by atoms with Crippen molar-refractivity contribution < 1.29 is 4.39 Å². The van der Waals surface area contributed by atoms with E-state index in [1.54, 1.807) is 0 Å². The van der Waals surface area contributed by atoms with Crippen LogP contribution in [0.15, 0.2) is 51.8 Å². The number of nitrogens with two attached hydrogens (primary N) is 1. The SMILES string of the molecule is NNC(Cc1ccc(F)cc1Br)C1Cc2ccccc2S1. The van der Waals surface area contributed by atoms with E-state index in [-0.39, 0.29) is 11.9 Å².